The first-order chi connectivity index (χ1) is 15.3. The van der Waals surface area contributed by atoms with Crippen molar-refractivity contribution in [2.45, 2.75) is 35.5 Å². The number of phenols is 1. The SMILES string of the molecule is Oc1ccc2c(c1)S[C@@H](c1cccs1)[C@@H](c1ccc(OCCN3CCCCC3)cc1)O2. The number of piperidine rings is 1. The third-order valence-corrected chi connectivity index (χ3v) is 8.30. The van der Waals surface area contributed by atoms with Crippen LogP contribution >= 0.6 is 23.1 Å². The molecule has 0 amide bonds. The summed E-state index contributed by atoms with van der Waals surface area (Å²) in [6.07, 6.45) is 3.88. The maximum absolute atomic E-state index is 9.89. The van der Waals surface area contributed by atoms with Crippen LogP contribution in [-0.4, -0.2) is 36.2 Å². The second kappa shape index (κ2) is 9.55. The minimum absolute atomic E-state index is 0.0944. The summed E-state index contributed by atoms with van der Waals surface area (Å²) in [5, 5.41) is 12.1. The first kappa shape index (κ1) is 20.7. The molecule has 2 aromatic carbocycles. The fourth-order valence-electron chi connectivity index (χ4n) is 4.22. The van der Waals surface area contributed by atoms with E-state index >= 15 is 0 Å². The lowest BCUT2D eigenvalue weighted by atomic mass is 10.0. The lowest BCUT2D eigenvalue weighted by molar-refractivity contribution is 0.182. The molecule has 1 fully saturated rings. The second-order valence-electron chi connectivity index (χ2n) is 8.04. The van der Waals surface area contributed by atoms with E-state index in [1.165, 1.54) is 37.2 Å². The Kier molecular flexibility index (Phi) is 6.39. The molecule has 1 saturated heterocycles. The highest BCUT2D eigenvalue weighted by molar-refractivity contribution is 7.99. The van der Waals surface area contributed by atoms with Crippen molar-refractivity contribution in [3.05, 3.63) is 70.4 Å². The number of nitrogens with zero attached hydrogens (tertiary/aromatic N) is 1. The summed E-state index contributed by atoms with van der Waals surface area (Å²) >= 11 is 3.50. The van der Waals surface area contributed by atoms with Gasteiger partial charge >= 0.3 is 0 Å². The zero-order valence-corrected chi connectivity index (χ0v) is 19.0. The van der Waals surface area contributed by atoms with Gasteiger partial charge in [0.05, 0.1) is 10.1 Å². The van der Waals surface area contributed by atoms with E-state index in [2.05, 4.69) is 46.7 Å². The Morgan fingerprint density at radius 3 is 2.65 bits per heavy atom. The van der Waals surface area contributed by atoms with Crippen LogP contribution in [0.2, 0.25) is 0 Å². The summed E-state index contributed by atoms with van der Waals surface area (Å²) in [5.74, 6) is 1.99. The zero-order valence-electron chi connectivity index (χ0n) is 17.4. The molecule has 2 aliphatic rings. The molecule has 1 aromatic heterocycles. The van der Waals surface area contributed by atoms with E-state index in [9.17, 15) is 5.11 Å². The van der Waals surface area contributed by atoms with Gasteiger partial charge in [-0.25, -0.2) is 0 Å². The second-order valence-corrected chi connectivity index (χ2v) is 10.2. The molecule has 0 bridgehead atoms. The van der Waals surface area contributed by atoms with Gasteiger partial charge in [0.2, 0.25) is 0 Å². The fraction of sp³-hybridized carbons (Fsp3) is 0.360. The highest BCUT2D eigenvalue weighted by Crippen LogP contribution is 2.54. The smallest absolute Gasteiger partial charge is 0.141 e. The summed E-state index contributed by atoms with van der Waals surface area (Å²) in [5.41, 5.74) is 1.13. The molecular weight excluding hydrogens is 426 g/mol. The van der Waals surface area contributed by atoms with Gasteiger partial charge in [-0.05, 0) is 73.3 Å². The van der Waals surface area contributed by atoms with Crippen molar-refractivity contribution < 1.29 is 14.6 Å². The van der Waals surface area contributed by atoms with E-state index in [-0.39, 0.29) is 17.1 Å². The van der Waals surface area contributed by atoms with Crippen LogP contribution in [0.5, 0.6) is 17.2 Å². The third-order valence-electron chi connectivity index (χ3n) is 5.87. The van der Waals surface area contributed by atoms with E-state index in [4.69, 9.17) is 9.47 Å². The number of thioether (sulfide) groups is 1. The zero-order chi connectivity index (χ0) is 21.0. The van der Waals surface area contributed by atoms with Gasteiger partial charge in [-0.1, -0.05) is 24.6 Å². The molecule has 0 saturated carbocycles. The van der Waals surface area contributed by atoms with Crippen LogP contribution in [0.3, 0.4) is 0 Å². The van der Waals surface area contributed by atoms with Crippen molar-refractivity contribution >= 4 is 23.1 Å². The normalized spacial score (nSPS) is 21.3. The average molecular weight is 454 g/mol. The molecule has 0 spiro atoms. The number of hydrogen-bond donors (Lipinski definition) is 1. The molecule has 2 aliphatic heterocycles. The highest BCUT2D eigenvalue weighted by Gasteiger charge is 2.34. The van der Waals surface area contributed by atoms with Crippen LogP contribution in [0.15, 0.2) is 64.9 Å². The van der Waals surface area contributed by atoms with Gasteiger partial charge in [0, 0.05) is 11.4 Å². The number of benzene rings is 2. The lowest BCUT2D eigenvalue weighted by Crippen LogP contribution is -2.33. The Morgan fingerprint density at radius 2 is 1.87 bits per heavy atom. The fourth-order valence-corrected chi connectivity index (χ4v) is 6.48. The van der Waals surface area contributed by atoms with E-state index in [0.29, 0.717) is 0 Å². The molecule has 0 unspecified atom stereocenters. The number of hydrogen-bond acceptors (Lipinski definition) is 6. The van der Waals surface area contributed by atoms with Crippen molar-refractivity contribution in [3.63, 3.8) is 0 Å². The minimum Gasteiger partial charge on any atom is -0.508 e. The number of phenolic OH excluding ortho intramolecular Hbond substituents is 1. The molecule has 5 rings (SSSR count). The first-order valence-corrected chi connectivity index (χ1v) is 12.7. The summed E-state index contributed by atoms with van der Waals surface area (Å²) in [6, 6.07) is 17.9. The molecule has 162 valence electrons. The molecule has 2 atom stereocenters. The van der Waals surface area contributed by atoms with Gasteiger partial charge in [-0.3, -0.25) is 4.90 Å². The van der Waals surface area contributed by atoms with E-state index in [0.717, 1.165) is 35.1 Å². The predicted molar refractivity (Wildman–Crippen MR) is 127 cm³/mol. The van der Waals surface area contributed by atoms with Crippen molar-refractivity contribution in [3.8, 4) is 17.2 Å². The largest absolute Gasteiger partial charge is 0.508 e. The first-order valence-electron chi connectivity index (χ1n) is 10.9. The maximum Gasteiger partial charge on any atom is 0.141 e. The highest BCUT2D eigenvalue weighted by atomic mass is 32.2. The van der Waals surface area contributed by atoms with E-state index < -0.39 is 0 Å². The summed E-state index contributed by atoms with van der Waals surface area (Å²) in [4.78, 5) is 4.74. The molecular formula is C25H27NO3S2. The molecule has 0 radical (unpaired) electrons. The third kappa shape index (κ3) is 4.86. The standard InChI is InChI=1S/C25H27NO3S2/c27-19-8-11-21-23(17-19)31-25(22-5-4-16-30-22)24(29-21)18-6-9-20(10-7-18)28-15-14-26-12-2-1-3-13-26/h4-11,16-17,24-25,27H,1-3,12-15H2/t24-,25+/m1/s1. The van der Waals surface area contributed by atoms with Crippen molar-refractivity contribution in [2.24, 2.45) is 0 Å². The topological polar surface area (TPSA) is 41.9 Å². The lowest BCUT2D eigenvalue weighted by Gasteiger charge is -2.33. The van der Waals surface area contributed by atoms with Crippen LogP contribution in [0.1, 0.15) is 41.1 Å². The minimum atomic E-state index is -0.0944. The molecule has 3 aromatic rings. The van der Waals surface area contributed by atoms with Crippen molar-refractivity contribution in [2.75, 3.05) is 26.2 Å². The summed E-state index contributed by atoms with van der Waals surface area (Å²) in [6.45, 7) is 4.11. The van der Waals surface area contributed by atoms with Gasteiger partial charge in [-0.15, -0.1) is 23.1 Å². The quantitative estimate of drug-likeness (QED) is 0.475. The number of rotatable bonds is 6. The maximum atomic E-state index is 9.89. The summed E-state index contributed by atoms with van der Waals surface area (Å²) in [7, 11) is 0. The van der Waals surface area contributed by atoms with Gasteiger partial charge in [0.15, 0.2) is 0 Å². The predicted octanol–water partition coefficient (Wildman–Crippen LogP) is 6.29. The van der Waals surface area contributed by atoms with Crippen molar-refractivity contribution in [1.82, 2.24) is 4.90 Å². The Balaban J connectivity index is 1.29. The number of fused-ring (bicyclic) bond motifs is 1. The van der Waals surface area contributed by atoms with Crippen LogP contribution in [0.25, 0.3) is 0 Å². The summed E-state index contributed by atoms with van der Waals surface area (Å²) < 4.78 is 12.4. The molecule has 6 heteroatoms. The number of likely N-dealkylation sites (tertiary alicyclic amines) is 1. The molecule has 4 nitrogen and oxygen atoms in total. The van der Waals surface area contributed by atoms with Crippen LogP contribution < -0.4 is 9.47 Å². The Labute approximate surface area is 191 Å². The van der Waals surface area contributed by atoms with E-state index in [1.807, 2.05) is 6.07 Å². The van der Waals surface area contributed by atoms with Crippen molar-refractivity contribution in [1.29, 1.82) is 0 Å². The monoisotopic (exact) mass is 453 g/mol. The Morgan fingerprint density at radius 1 is 1.03 bits per heavy atom. The molecule has 31 heavy (non-hydrogen) atoms. The molecule has 1 N–H and O–H groups in total. The van der Waals surface area contributed by atoms with Crippen LogP contribution in [-0.2, 0) is 0 Å². The van der Waals surface area contributed by atoms with Gasteiger partial charge in [-0.2, -0.15) is 0 Å². The van der Waals surface area contributed by atoms with Crippen LogP contribution in [0, 0.1) is 0 Å². The van der Waals surface area contributed by atoms with E-state index in [1.54, 1.807) is 35.2 Å². The van der Waals surface area contributed by atoms with Gasteiger partial charge in [0.25, 0.3) is 0 Å². The molecule has 0 aliphatic carbocycles. The number of aromatic hydroxyl groups is 1. The number of ether oxygens (including phenoxy) is 2. The van der Waals surface area contributed by atoms with Crippen LogP contribution in [0.4, 0.5) is 0 Å². The number of thiophene rings is 1. The van der Waals surface area contributed by atoms with Gasteiger partial charge < -0.3 is 14.6 Å². The van der Waals surface area contributed by atoms with Gasteiger partial charge in [0.1, 0.15) is 30.0 Å². The Bertz CT molecular complexity index is 985. The average Bonchev–Trinajstić information content (AvgIpc) is 3.34. The Hall–Kier alpha value is -2.15. The molecule has 3 heterocycles.